The van der Waals surface area contributed by atoms with E-state index in [1.807, 2.05) is 6.92 Å². The molecule has 4 N–H and O–H groups in total. The maximum Gasteiger partial charge on any atom is 0.235 e. The Labute approximate surface area is 115 Å². The fourth-order valence-corrected chi connectivity index (χ4v) is 1.85. The summed E-state index contributed by atoms with van der Waals surface area (Å²) in [5.41, 5.74) is 5.68. The third kappa shape index (κ3) is 4.40. The monoisotopic (exact) mass is 287 g/mol. The van der Waals surface area contributed by atoms with Crippen LogP contribution in [0.25, 0.3) is 0 Å². The number of amidine groups is 1. The molecule has 0 aliphatic carbocycles. The zero-order valence-corrected chi connectivity index (χ0v) is 11.1. The molecule has 104 valence electrons. The molecule has 1 amide bonds. The molecule has 0 aliphatic rings. The molecule has 0 radical (unpaired) electrons. The van der Waals surface area contributed by atoms with Crippen LogP contribution in [0.5, 0.6) is 0 Å². The summed E-state index contributed by atoms with van der Waals surface area (Å²) in [6.45, 7) is 1.87. The average Bonchev–Trinajstić information content (AvgIpc) is 2.33. The first-order valence-corrected chi connectivity index (χ1v) is 6.10. The van der Waals surface area contributed by atoms with Crippen molar-refractivity contribution in [3.8, 4) is 0 Å². The smallest absolute Gasteiger partial charge is 0.235 e. The number of hydrogen-bond donors (Lipinski definition) is 3. The van der Waals surface area contributed by atoms with Crippen LogP contribution in [-0.2, 0) is 4.79 Å². The van der Waals surface area contributed by atoms with E-state index in [1.54, 1.807) is 0 Å². The number of amides is 1. The van der Waals surface area contributed by atoms with E-state index in [1.165, 1.54) is 6.07 Å². The number of carbonyl (C=O) groups excluding carboxylic acids is 1. The molecule has 0 saturated carbocycles. The van der Waals surface area contributed by atoms with Crippen LogP contribution >= 0.6 is 11.6 Å². The zero-order chi connectivity index (χ0) is 14.4. The van der Waals surface area contributed by atoms with Crippen molar-refractivity contribution in [3.63, 3.8) is 0 Å². The van der Waals surface area contributed by atoms with Crippen LogP contribution in [0.4, 0.5) is 10.1 Å². The van der Waals surface area contributed by atoms with Gasteiger partial charge in [0.25, 0.3) is 0 Å². The van der Waals surface area contributed by atoms with Crippen LogP contribution in [0, 0.1) is 11.7 Å². The number of carbonyl (C=O) groups is 1. The number of oxime groups is 1. The topological polar surface area (TPSA) is 87.7 Å². The summed E-state index contributed by atoms with van der Waals surface area (Å²) < 4.78 is 13.1. The molecule has 1 aromatic rings. The van der Waals surface area contributed by atoms with Crippen molar-refractivity contribution in [2.45, 2.75) is 19.8 Å². The molecular weight excluding hydrogens is 273 g/mol. The van der Waals surface area contributed by atoms with Gasteiger partial charge >= 0.3 is 0 Å². The van der Waals surface area contributed by atoms with Gasteiger partial charge < -0.3 is 16.3 Å². The Morgan fingerprint density at radius 2 is 2.26 bits per heavy atom. The molecule has 0 fully saturated rings. The van der Waals surface area contributed by atoms with E-state index < -0.39 is 17.6 Å². The molecule has 7 heteroatoms. The first-order chi connectivity index (χ1) is 8.97. The molecule has 0 spiro atoms. The van der Waals surface area contributed by atoms with E-state index in [0.717, 1.165) is 12.1 Å². The summed E-state index contributed by atoms with van der Waals surface area (Å²) in [7, 11) is 0. The number of halogens is 2. The van der Waals surface area contributed by atoms with Crippen molar-refractivity contribution >= 4 is 29.0 Å². The Hall–Kier alpha value is -1.82. The number of nitrogens with one attached hydrogen (secondary N) is 1. The summed E-state index contributed by atoms with van der Waals surface area (Å²) in [5, 5.41) is 14.1. The van der Waals surface area contributed by atoms with Crippen molar-refractivity contribution < 1.29 is 14.4 Å². The van der Waals surface area contributed by atoms with Gasteiger partial charge in [-0.25, -0.2) is 4.39 Å². The highest BCUT2D eigenvalue weighted by molar-refractivity contribution is 6.31. The van der Waals surface area contributed by atoms with E-state index >= 15 is 0 Å². The average molecular weight is 288 g/mol. The predicted molar refractivity (Wildman–Crippen MR) is 71.8 cm³/mol. The standard InChI is InChI=1S/C12H15ClFN3O2/c1-2-3-10(11(15)17-19)12(18)16-9-5-7(13)4-8(14)6-9/h4-6,10,19H,2-3H2,1H3,(H2,15,17)(H,16,18). The van der Waals surface area contributed by atoms with E-state index in [2.05, 4.69) is 10.5 Å². The minimum absolute atomic E-state index is 0.172. The third-order valence-corrected chi connectivity index (χ3v) is 2.71. The minimum atomic E-state index is -0.767. The van der Waals surface area contributed by atoms with E-state index in [4.69, 9.17) is 22.5 Å². The van der Waals surface area contributed by atoms with Gasteiger partial charge in [0.2, 0.25) is 5.91 Å². The molecule has 0 bridgehead atoms. The van der Waals surface area contributed by atoms with Crippen molar-refractivity contribution in [1.29, 1.82) is 0 Å². The van der Waals surface area contributed by atoms with Gasteiger partial charge in [-0.05, 0) is 24.6 Å². The van der Waals surface area contributed by atoms with E-state index in [9.17, 15) is 9.18 Å². The lowest BCUT2D eigenvalue weighted by molar-refractivity contribution is -0.118. The Bertz CT molecular complexity index is 474. The molecule has 0 aliphatic heterocycles. The maximum absolute atomic E-state index is 13.1. The van der Waals surface area contributed by atoms with Gasteiger partial charge in [-0.2, -0.15) is 0 Å². The number of anilines is 1. The number of rotatable bonds is 5. The van der Waals surface area contributed by atoms with Crippen molar-refractivity contribution in [2.75, 3.05) is 5.32 Å². The van der Waals surface area contributed by atoms with Gasteiger partial charge in [0.15, 0.2) is 5.84 Å². The van der Waals surface area contributed by atoms with Crippen molar-refractivity contribution in [1.82, 2.24) is 0 Å². The molecule has 1 atom stereocenters. The van der Waals surface area contributed by atoms with Gasteiger partial charge in [0, 0.05) is 10.7 Å². The van der Waals surface area contributed by atoms with Crippen LogP contribution in [-0.4, -0.2) is 17.0 Å². The molecule has 0 aromatic heterocycles. The maximum atomic E-state index is 13.1. The lowest BCUT2D eigenvalue weighted by atomic mass is 10.0. The van der Waals surface area contributed by atoms with Gasteiger partial charge in [0.1, 0.15) is 5.82 Å². The number of hydrogen-bond acceptors (Lipinski definition) is 3. The van der Waals surface area contributed by atoms with Crippen molar-refractivity contribution in [2.24, 2.45) is 16.8 Å². The van der Waals surface area contributed by atoms with E-state index in [-0.39, 0.29) is 16.5 Å². The second-order valence-corrected chi connectivity index (χ2v) is 4.45. The molecule has 1 aromatic carbocycles. The number of nitrogens with zero attached hydrogens (tertiary/aromatic N) is 1. The first kappa shape index (κ1) is 15.2. The summed E-state index contributed by atoms with van der Waals surface area (Å²) in [5.74, 6) is -1.98. The highest BCUT2D eigenvalue weighted by Crippen LogP contribution is 2.19. The lowest BCUT2D eigenvalue weighted by Gasteiger charge is -2.14. The Kier molecular flexibility index (Phi) is 5.57. The van der Waals surface area contributed by atoms with Crippen LogP contribution in [0.1, 0.15) is 19.8 Å². The third-order valence-electron chi connectivity index (χ3n) is 2.50. The zero-order valence-electron chi connectivity index (χ0n) is 10.4. The summed E-state index contributed by atoms with van der Waals surface area (Å²) in [4.78, 5) is 12.0. The molecule has 1 rings (SSSR count). The van der Waals surface area contributed by atoms with E-state index in [0.29, 0.717) is 12.8 Å². The molecular formula is C12H15ClFN3O2. The quantitative estimate of drug-likeness (QED) is 0.337. The van der Waals surface area contributed by atoms with Gasteiger partial charge in [0.05, 0.1) is 5.92 Å². The number of benzene rings is 1. The van der Waals surface area contributed by atoms with Crippen LogP contribution in [0.2, 0.25) is 5.02 Å². The van der Waals surface area contributed by atoms with Crippen LogP contribution in [0.3, 0.4) is 0 Å². The minimum Gasteiger partial charge on any atom is -0.409 e. The second kappa shape index (κ2) is 6.94. The fraction of sp³-hybridized carbons (Fsp3) is 0.333. The number of nitrogens with two attached hydrogens (primary N) is 1. The summed E-state index contributed by atoms with van der Waals surface area (Å²) >= 11 is 5.68. The van der Waals surface area contributed by atoms with Crippen LogP contribution < -0.4 is 11.1 Å². The Balaban J connectivity index is 2.87. The highest BCUT2D eigenvalue weighted by atomic mass is 35.5. The normalized spacial score (nSPS) is 13.1. The molecule has 5 nitrogen and oxygen atoms in total. The largest absolute Gasteiger partial charge is 0.409 e. The van der Waals surface area contributed by atoms with Crippen LogP contribution in [0.15, 0.2) is 23.4 Å². The van der Waals surface area contributed by atoms with Gasteiger partial charge in [-0.3, -0.25) is 4.79 Å². The highest BCUT2D eigenvalue weighted by Gasteiger charge is 2.22. The summed E-state index contributed by atoms with van der Waals surface area (Å²) in [6.07, 6.45) is 1.10. The van der Waals surface area contributed by atoms with Crippen molar-refractivity contribution in [3.05, 3.63) is 29.0 Å². The van der Waals surface area contributed by atoms with Gasteiger partial charge in [-0.15, -0.1) is 0 Å². The van der Waals surface area contributed by atoms with Gasteiger partial charge in [-0.1, -0.05) is 30.1 Å². The molecule has 1 unspecified atom stereocenters. The lowest BCUT2D eigenvalue weighted by Crippen LogP contribution is -2.34. The molecule has 19 heavy (non-hydrogen) atoms. The molecule has 0 heterocycles. The first-order valence-electron chi connectivity index (χ1n) is 5.72. The molecule has 0 saturated heterocycles. The fourth-order valence-electron chi connectivity index (χ4n) is 1.63. The predicted octanol–water partition coefficient (Wildman–Crippen LogP) is 2.58. The second-order valence-electron chi connectivity index (χ2n) is 4.01. The SMILES string of the molecule is CCCC(C(=O)Nc1cc(F)cc(Cl)c1)/C(N)=N/O. The summed E-state index contributed by atoms with van der Waals surface area (Å²) in [6, 6.07) is 3.68. The Morgan fingerprint density at radius 3 is 2.79 bits per heavy atom. The Morgan fingerprint density at radius 1 is 1.58 bits per heavy atom.